The van der Waals surface area contributed by atoms with Gasteiger partial charge in [-0.25, -0.2) is 0 Å². The highest BCUT2D eigenvalue weighted by Gasteiger charge is 2.34. The van der Waals surface area contributed by atoms with Crippen molar-refractivity contribution in [3.63, 3.8) is 0 Å². The fourth-order valence-electron chi connectivity index (χ4n) is 1.89. The third-order valence-electron chi connectivity index (χ3n) is 3.22. The number of rotatable bonds is 5. The van der Waals surface area contributed by atoms with Gasteiger partial charge < -0.3 is 0 Å². The minimum atomic E-state index is -4.35. The lowest BCUT2D eigenvalue weighted by Gasteiger charge is -2.33. The van der Waals surface area contributed by atoms with E-state index in [2.05, 4.69) is 0 Å². The summed E-state index contributed by atoms with van der Waals surface area (Å²) in [6, 6.07) is 0. The molecule has 0 spiro atoms. The van der Waals surface area contributed by atoms with Crippen molar-refractivity contribution >= 4 is 21.8 Å². The zero-order valence-electron chi connectivity index (χ0n) is 10.7. The molecule has 0 aliphatic carbocycles. The van der Waals surface area contributed by atoms with Crippen LogP contribution in [0.15, 0.2) is 0 Å². The molecule has 0 aromatic heterocycles. The quantitative estimate of drug-likeness (QED) is 0.727. The minimum absolute atomic E-state index is 0.286. The van der Waals surface area contributed by atoms with E-state index in [1.54, 1.807) is 0 Å². The summed E-state index contributed by atoms with van der Waals surface area (Å²) >= 11 is 5.70. The predicted molar refractivity (Wildman–Crippen MR) is 67.2 cm³/mol. The van der Waals surface area contributed by atoms with Gasteiger partial charge in [-0.2, -0.15) is 30.2 Å². The van der Waals surface area contributed by atoms with Crippen molar-refractivity contribution < 1.29 is 21.6 Å². The van der Waals surface area contributed by atoms with Crippen molar-refractivity contribution in [2.45, 2.75) is 25.4 Å². The molecule has 19 heavy (non-hydrogen) atoms. The Balaban J connectivity index is 2.55. The molecule has 0 N–H and O–H groups in total. The molecule has 0 saturated carbocycles. The molecule has 1 saturated heterocycles. The van der Waals surface area contributed by atoms with Gasteiger partial charge in [0.1, 0.15) is 0 Å². The Hall–Kier alpha value is -0.0500. The Morgan fingerprint density at radius 3 is 2.26 bits per heavy atom. The van der Waals surface area contributed by atoms with E-state index < -0.39 is 29.4 Å². The van der Waals surface area contributed by atoms with Crippen molar-refractivity contribution in [3.05, 3.63) is 0 Å². The fraction of sp³-hybridized carbons (Fsp3) is 1.00. The molecule has 0 amide bonds. The Kier molecular flexibility index (Phi) is 5.91. The standard InChI is InChI=1S/C10H18ClF3N2O2S/c1-15(7-4-10(12,13)14)19(17,18)16-5-2-9(8-11)3-6-16/h9H,2-8H2,1H3. The summed E-state index contributed by atoms with van der Waals surface area (Å²) in [4.78, 5) is 0. The van der Waals surface area contributed by atoms with E-state index in [0.717, 1.165) is 4.31 Å². The molecule has 1 fully saturated rings. The molecule has 0 atom stereocenters. The SMILES string of the molecule is CN(CCC(F)(F)F)S(=O)(=O)N1CCC(CCl)CC1. The van der Waals surface area contributed by atoms with Gasteiger partial charge in [-0.3, -0.25) is 0 Å². The topological polar surface area (TPSA) is 40.6 Å². The van der Waals surface area contributed by atoms with E-state index in [1.807, 2.05) is 0 Å². The second kappa shape index (κ2) is 6.60. The molecule has 114 valence electrons. The average molecular weight is 323 g/mol. The number of nitrogens with zero attached hydrogens (tertiary/aromatic N) is 2. The van der Waals surface area contributed by atoms with Gasteiger partial charge in [0, 0.05) is 32.6 Å². The van der Waals surface area contributed by atoms with Crippen LogP contribution in [0.1, 0.15) is 19.3 Å². The summed E-state index contributed by atoms with van der Waals surface area (Å²) < 4.78 is 62.4. The van der Waals surface area contributed by atoms with Gasteiger partial charge in [0.2, 0.25) is 0 Å². The number of hydrogen-bond acceptors (Lipinski definition) is 2. The Morgan fingerprint density at radius 1 is 1.32 bits per heavy atom. The van der Waals surface area contributed by atoms with E-state index in [0.29, 0.717) is 31.8 Å². The lowest BCUT2D eigenvalue weighted by molar-refractivity contribution is -0.135. The third kappa shape index (κ3) is 5.09. The fourth-order valence-corrected chi connectivity index (χ4v) is 3.59. The van der Waals surface area contributed by atoms with Crippen molar-refractivity contribution in [2.75, 3.05) is 32.6 Å². The molecule has 1 heterocycles. The van der Waals surface area contributed by atoms with Gasteiger partial charge in [-0.1, -0.05) is 0 Å². The van der Waals surface area contributed by atoms with E-state index >= 15 is 0 Å². The normalized spacial score (nSPS) is 20.1. The maximum atomic E-state index is 12.1. The van der Waals surface area contributed by atoms with Crippen LogP contribution in [0.5, 0.6) is 0 Å². The molecule has 4 nitrogen and oxygen atoms in total. The second-order valence-corrected chi connectivity index (χ2v) is 7.04. The summed E-state index contributed by atoms with van der Waals surface area (Å²) in [6.07, 6.45) is -4.19. The van der Waals surface area contributed by atoms with Crippen LogP contribution < -0.4 is 0 Å². The first-order valence-electron chi connectivity index (χ1n) is 6.01. The van der Waals surface area contributed by atoms with Crippen LogP contribution >= 0.6 is 11.6 Å². The van der Waals surface area contributed by atoms with E-state index in [-0.39, 0.29) is 5.92 Å². The highest BCUT2D eigenvalue weighted by molar-refractivity contribution is 7.86. The van der Waals surface area contributed by atoms with E-state index in [1.165, 1.54) is 11.4 Å². The molecule has 0 aromatic carbocycles. The van der Waals surface area contributed by atoms with Gasteiger partial charge in [0.05, 0.1) is 6.42 Å². The van der Waals surface area contributed by atoms with Gasteiger partial charge in [0.15, 0.2) is 0 Å². The summed E-state index contributed by atoms with van der Waals surface area (Å²) in [7, 11) is -2.62. The Bertz CT molecular complexity index is 381. The lowest BCUT2D eigenvalue weighted by Crippen LogP contribution is -2.46. The summed E-state index contributed by atoms with van der Waals surface area (Å²) in [5.74, 6) is 0.770. The summed E-state index contributed by atoms with van der Waals surface area (Å²) in [6.45, 7) is 0.0768. The van der Waals surface area contributed by atoms with Crippen LogP contribution in [0, 0.1) is 5.92 Å². The molecule has 0 bridgehead atoms. The van der Waals surface area contributed by atoms with Gasteiger partial charge in [0.25, 0.3) is 10.2 Å². The summed E-state index contributed by atoms with van der Waals surface area (Å²) in [5, 5.41) is 0. The molecule has 1 aliphatic heterocycles. The van der Waals surface area contributed by atoms with Crippen LogP contribution in [0.2, 0.25) is 0 Å². The van der Waals surface area contributed by atoms with Gasteiger partial charge in [-0.05, 0) is 18.8 Å². The number of alkyl halides is 4. The van der Waals surface area contributed by atoms with Crippen LogP contribution in [0.4, 0.5) is 13.2 Å². The maximum Gasteiger partial charge on any atom is 0.390 e. The van der Waals surface area contributed by atoms with Crippen LogP contribution in [-0.2, 0) is 10.2 Å². The average Bonchev–Trinajstić information content (AvgIpc) is 2.35. The molecule has 1 aliphatic rings. The highest BCUT2D eigenvalue weighted by Crippen LogP contribution is 2.24. The molecule has 1 rings (SSSR count). The van der Waals surface area contributed by atoms with Crippen molar-refractivity contribution in [2.24, 2.45) is 5.92 Å². The Morgan fingerprint density at radius 2 is 1.84 bits per heavy atom. The summed E-state index contributed by atoms with van der Waals surface area (Å²) in [5.41, 5.74) is 0. The predicted octanol–water partition coefficient (Wildman–Crippen LogP) is 2.07. The van der Waals surface area contributed by atoms with E-state index in [4.69, 9.17) is 11.6 Å². The first kappa shape index (κ1) is 17.0. The van der Waals surface area contributed by atoms with Crippen LogP contribution in [0.3, 0.4) is 0 Å². The zero-order valence-corrected chi connectivity index (χ0v) is 12.2. The smallest absolute Gasteiger partial charge is 0.195 e. The Labute approximate surface area is 116 Å². The zero-order chi connectivity index (χ0) is 14.7. The molecule has 0 unspecified atom stereocenters. The molecular weight excluding hydrogens is 305 g/mol. The molecule has 0 radical (unpaired) electrons. The number of halogens is 4. The van der Waals surface area contributed by atoms with E-state index in [9.17, 15) is 21.6 Å². The van der Waals surface area contributed by atoms with Gasteiger partial charge >= 0.3 is 6.18 Å². The lowest BCUT2D eigenvalue weighted by atomic mass is 10.0. The van der Waals surface area contributed by atoms with Crippen molar-refractivity contribution in [1.29, 1.82) is 0 Å². The van der Waals surface area contributed by atoms with Crippen LogP contribution in [0.25, 0.3) is 0 Å². The monoisotopic (exact) mass is 322 g/mol. The molecular formula is C10H18ClF3N2O2S. The molecule has 0 aromatic rings. The second-order valence-electron chi connectivity index (χ2n) is 4.69. The van der Waals surface area contributed by atoms with Gasteiger partial charge in [-0.15, -0.1) is 11.6 Å². The molecule has 9 heteroatoms. The highest BCUT2D eigenvalue weighted by atomic mass is 35.5. The first-order chi connectivity index (χ1) is 8.66. The van der Waals surface area contributed by atoms with Crippen LogP contribution in [-0.4, -0.2) is 55.8 Å². The largest absolute Gasteiger partial charge is 0.390 e. The van der Waals surface area contributed by atoms with Crippen molar-refractivity contribution in [1.82, 2.24) is 8.61 Å². The minimum Gasteiger partial charge on any atom is -0.195 e. The number of hydrogen-bond donors (Lipinski definition) is 0. The first-order valence-corrected chi connectivity index (χ1v) is 7.94. The maximum absolute atomic E-state index is 12.1. The third-order valence-corrected chi connectivity index (χ3v) is 5.65. The number of piperidine rings is 1. The van der Waals surface area contributed by atoms with Crippen molar-refractivity contribution in [3.8, 4) is 0 Å².